The van der Waals surface area contributed by atoms with Gasteiger partial charge in [-0.05, 0) is 50.6 Å². The van der Waals surface area contributed by atoms with Crippen LogP contribution in [0.2, 0.25) is 0 Å². The maximum Gasteiger partial charge on any atom is 0.271 e. The van der Waals surface area contributed by atoms with Gasteiger partial charge in [-0.15, -0.1) is 11.3 Å². The molecule has 0 unspecified atom stereocenters. The second kappa shape index (κ2) is 7.54. The molecule has 152 valence electrons. The minimum atomic E-state index is -0.875. The second-order valence-electron chi connectivity index (χ2n) is 8.65. The Morgan fingerprint density at radius 1 is 1.32 bits per heavy atom. The zero-order chi connectivity index (χ0) is 19.9. The van der Waals surface area contributed by atoms with E-state index in [0.717, 1.165) is 29.5 Å². The normalized spacial score (nSPS) is 24.8. The minimum Gasteiger partial charge on any atom is -0.351 e. The molecule has 0 bridgehead atoms. The molecule has 2 aromatic heterocycles. The minimum absolute atomic E-state index is 0.00391. The molecule has 1 aliphatic heterocycles. The van der Waals surface area contributed by atoms with Gasteiger partial charge in [0.15, 0.2) is 0 Å². The van der Waals surface area contributed by atoms with E-state index in [1.54, 1.807) is 11.3 Å². The van der Waals surface area contributed by atoms with Crippen LogP contribution < -0.4 is 5.32 Å². The molecular weight excluding hydrogens is 370 g/mol. The van der Waals surface area contributed by atoms with Crippen molar-refractivity contribution in [1.29, 1.82) is 0 Å². The maximum absolute atomic E-state index is 13.6. The maximum atomic E-state index is 13.6. The molecule has 2 aliphatic rings. The molecule has 28 heavy (non-hydrogen) atoms. The molecule has 5 nitrogen and oxygen atoms in total. The molecule has 6 heteroatoms. The van der Waals surface area contributed by atoms with Crippen LogP contribution in [0, 0.1) is 0 Å². The summed E-state index contributed by atoms with van der Waals surface area (Å²) in [7, 11) is 0. The number of carbonyl (C=O) groups is 2. The fourth-order valence-electron chi connectivity index (χ4n) is 4.87. The molecule has 0 saturated heterocycles. The summed E-state index contributed by atoms with van der Waals surface area (Å²) >= 11 is 1.65. The lowest BCUT2D eigenvalue weighted by atomic mass is 9.91. The van der Waals surface area contributed by atoms with Crippen LogP contribution >= 0.6 is 11.3 Å². The lowest BCUT2D eigenvalue weighted by Gasteiger charge is -2.47. The van der Waals surface area contributed by atoms with Gasteiger partial charge in [-0.1, -0.05) is 32.6 Å². The Balaban J connectivity index is 1.70. The molecule has 0 radical (unpaired) electrons. The summed E-state index contributed by atoms with van der Waals surface area (Å²) < 4.78 is 3.17. The molecule has 1 fully saturated rings. The summed E-state index contributed by atoms with van der Waals surface area (Å²) in [6.45, 7) is 6.59. The van der Waals surface area contributed by atoms with Crippen LogP contribution in [0.15, 0.2) is 17.5 Å². The molecule has 4 rings (SSSR count). The van der Waals surface area contributed by atoms with Gasteiger partial charge in [-0.2, -0.15) is 0 Å². The van der Waals surface area contributed by atoms with Gasteiger partial charge in [0.1, 0.15) is 11.2 Å². The van der Waals surface area contributed by atoms with E-state index in [2.05, 4.69) is 29.8 Å². The van der Waals surface area contributed by atoms with E-state index in [4.69, 9.17) is 0 Å². The van der Waals surface area contributed by atoms with Crippen LogP contribution in [0.4, 0.5) is 0 Å². The number of amides is 2. The average Bonchev–Trinajstić information content (AvgIpc) is 3.16. The van der Waals surface area contributed by atoms with E-state index in [1.165, 1.54) is 25.7 Å². The smallest absolute Gasteiger partial charge is 0.271 e. The van der Waals surface area contributed by atoms with Crippen molar-refractivity contribution in [2.24, 2.45) is 0 Å². The molecule has 1 N–H and O–H groups in total. The molecule has 1 saturated carbocycles. The fourth-order valence-corrected chi connectivity index (χ4v) is 5.69. The number of rotatable bonds is 4. The Hall–Kier alpha value is -1.82. The number of thiophene rings is 1. The van der Waals surface area contributed by atoms with Gasteiger partial charge >= 0.3 is 0 Å². The van der Waals surface area contributed by atoms with Gasteiger partial charge in [-0.3, -0.25) is 9.59 Å². The van der Waals surface area contributed by atoms with Gasteiger partial charge in [0.2, 0.25) is 5.91 Å². The zero-order valence-electron chi connectivity index (χ0n) is 17.2. The van der Waals surface area contributed by atoms with Crippen LogP contribution in [0.5, 0.6) is 0 Å². The highest BCUT2D eigenvalue weighted by Gasteiger charge is 2.49. The molecular formula is C22H31N3O2S. The number of carbonyl (C=O) groups excluding carboxylic acids is 2. The van der Waals surface area contributed by atoms with Crippen molar-refractivity contribution in [2.75, 3.05) is 0 Å². The molecule has 2 atom stereocenters. The predicted molar refractivity (Wildman–Crippen MR) is 114 cm³/mol. The van der Waals surface area contributed by atoms with Gasteiger partial charge in [0.25, 0.3) is 5.91 Å². The van der Waals surface area contributed by atoms with Crippen molar-refractivity contribution in [3.63, 3.8) is 0 Å². The summed E-state index contributed by atoms with van der Waals surface area (Å²) in [4.78, 5) is 28.9. The topological polar surface area (TPSA) is 54.3 Å². The highest BCUT2D eigenvalue weighted by molar-refractivity contribution is 7.17. The first-order valence-corrected chi connectivity index (χ1v) is 11.5. The first-order chi connectivity index (χ1) is 13.5. The summed E-state index contributed by atoms with van der Waals surface area (Å²) in [5, 5.41) is 5.37. The SMILES string of the molecule is CC[C@H](C)N1C(=O)c2cc3sccc3n2C[C@@]1(C)C(=O)NC1CCCCCC1. The summed E-state index contributed by atoms with van der Waals surface area (Å²) in [6, 6.07) is 4.28. The Morgan fingerprint density at radius 3 is 2.71 bits per heavy atom. The predicted octanol–water partition coefficient (Wildman–Crippen LogP) is 4.55. The highest BCUT2D eigenvalue weighted by Crippen LogP contribution is 2.36. The Labute approximate surface area is 171 Å². The summed E-state index contributed by atoms with van der Waals surface area (Å²) in [5.41, 5.74) is 0.896. The van der Waals surface area contributed by atoms with E-state index in [-0.39, 0.29) is 23.9 Å². The standard InChI is InChI=1S/C22H31N3O2S/c1-4-15(2)25-20(26)18-13-19-17(11-12-28-19)24(18)14-22(25,3)21(27)23-16-9-7-5-6-8-10-16/h11-13,15-16H,4-10,14H2,1-3H3,(H,23,27)/t15-,22-/m0/s1. The van der Waals surface area contributed by atoms with E-state index >= 15 is 0 Å². The van der Waals surface area contributed by atoms with E-state index in [9.17, 15) is 9.59 Å². The van der Waals surface area contributed by atoms with Crippen LogP contribution in [-0.2, 0) is 11.3 Å². The van der Waals surface area contributed by atoms with Crippen LogP contribution in [0.25, 0.3) is 10.2 Å². The zero-order valence-corrected chi connectivity index (χ0v) is 18.0. The monoisotopic (exact) mass is 401 g/mol. The first kappa shape index (κ1) is 19.5. The van der Waals surface area contributed by atoms with Crippen LogP contribution in [0.3, 0.4) is 0 Å². The number of aromatic nitrogens is 1. The Kier molecular flexibility index (Phi) is 5.25. The third kappa shape index (κ3) is 3.15. The van der Waals surface area contributed by atoms with Crippen molar-refractivity contribution >= 4 is 33.4 Å². The lowest BCUT2D eigenvalue weighted by molar-refractivity contribution is -0.135. The first-order valence-electron chi connectivity index (χ1n) is 10.7. The Bertz CT molecular complexity index is 878. The molecule has 1 aliphatic carbocycles. The van der Waals surface area contributed by atoms with Crippen molar-refractivity contribution in [3.05, 3.63) is 23.2 Å². The van der Waals surface area contributed by atoms with Crippen LogP contribution in [-0.4, -0.2) is 38.9 Å². The molecule has 0 spiro atoms. The van der Waals surface area contributed by atoms with Crippen LogP contribution in [0.1, 0.15) is 76.2 Å². The number of hydrogen-bond acceptors (Lipinski definition) is 3. The van der Waals surface area contributed by atoms with Gasteiger partial charge < -0.3 is 14.8 Å². The number of nitrogens with one attached hydrogen (secondary N) is 1. The fraction of sp³-hybridized carbons (Fsp3) is 0.636. The quantitative estimate of drug-likeness (QED) is 0.764. The lowest BCUT2D eigenvalue weighted by Crippen LogP contribution is -2.66. The summed E-state index contributed by atoms with van der Waals surface area (Å²) in [6.07, 6.45) is 7.77. The van der Waals surface area contributed by atoms with Gasteiger partial charge in [-0.25, -0.2) is 0 Å². The highest BCUT2D eigenvalue weighted by atomic mass is 32.1. The average molecular weight is 402 g/mol. The summed E-state index contributed by atoms with van der Waals surface area (Å²) in [5.74, 6) is -0.0294. The second-order valence-corrected chi connectivity index (χ2v) is 9.60. The third-order valence-corrected chi connectivity index (χ3v) is 7.52. The van der Waals surface area contributed by atoms with Gasteiger partial charge in [0.05, 0.1) is 16.8 Å². The number of hydrogen-bond donors (Lipinski definition) is 1. The number of nitrogens with zero attached hydrogens (tertiary/aromatic N) is 2. The Morgan fingerprint density at radius 2 is 2.04 bits per heavy atom. The van der Waals surface area contributed by atoms with Crippen molar-refractivity contribution in [1.82, 2.24) is 14.8 Å². The van der Waals surface area contributed by atoms with Crippen molar-refractivity contribution in [2.45, 2.75) is 89.9 Å². The molecule has 3 heterocycles. The van der Waals surface area contributed by atoms with Crippen molar-refractivity contribution in [3.8, 4) is 0 Å². The largest absolute Gasteiger partial charge is 0.351 e. The van der Waals surface area contributed by atoms with Gasteiger partial charge in [0, 0.05) is 12.1 Å². The van der Waals surface area contributed by atoms with E-state index < -0.39 is 5.54 Å². The number of fused-ring (bicyclic) bond motifs is 3. The van der Waals surface area contributed by atoms with E-state index in [1.807, 2.05) is 23.3 Å². The molecule has 0 aromatic carbocycles. The van der Waals surface area contributed by atoms with E-state index in [0.29, 0.717) is 12.2 Å². The third-order valence-electron chi connectivity index (χ3n) is 6.67. The molecule has 2 amide bonds. The molecule has 2 aromatic rings. The van der Waals surface area contributed by atoms with Crippen molar-refractivity contribution < 1.29 is 9.59 Å².